The van der Waals surface area contributed by atoms with Crippen LogP contribution in [0.1, 0.15) is 0 Å². The highest BCUT2D eigenvalue weighted by Crippen LogP contribution is 2.29. The number of hydrogen-bond donors (Lipinski definition) is 0. The fourth-order valence-electron chi connectivity index (χ4n) is 1.18. The van der Waals surface area contributed by atoms with Gasteiger partial charge in [0.1, 0.15) is 0 Å². The fourth-order valence-corrected chi connectivity index (χ4v) is 4.76. The van der Waals surface area contributed by atoms with Gasteiger partial charge >= 0.3 is 0 Å². The molecule has 0 aliphatic rings. The average Bonchev–Trinajstić information content (AvgIpc) is 2.20. The smallest absolute Gasteiger partial charge is 0.293 e. The van der Waals surface area contributed by atoms with Crippen molar-refractivity contribution in [3.05, 3.63) is 29.1 Å². The molecule has 19 heavy (non-hydrogen) atoms. The van der Waals surface area contributed by atoms with Crippen molar-refractivity contribution in [3.8, 4) is 0 Å². The second-order valence-electron chi connectivity index (χ2n) is 4.55. The molecule has 0 aliphatic carbocycles. The molecular formula is C9H9F5O3SSi. The van der Waals surface area contributed by atoms with E-state index in [0.29, 0.717) is 0 Å². The van der Waals surface area contributed by atoms with Gasteiger partial charge in [-0.15, -0.1) is 0 Å². The lowest BCUT2D eigenvalue weighted by atomic mass is 10.3. The molecule has 0 unspecified atom stereocenters. The molecule has 0 aromatic heterocycles. The zero-order chi connectivity index (χ0) is 15.2. The molecule has 0 saturated carbocycles. The van der Waals surface area contributed by atoms with Crippen LogP contribution in [0.3, 0.4) is 0 Å². The van der Waals surface area contributed by atoms with E-state index < -0.39 is 52.4 Å². The molecule has 0 saturated heterocycles. The highest BCUT2D eigenvalue weighted by Gasteiger charge is 2.36. The van der Waals surface area contributed by atoms with Crippen LogP contribution in [0.5, 0.6) is 0 Å². The molecule has 0 heterocycles. The molecule has 0 spiro atoms. The van der Waals surface area contributed by atoms with Gasteiger partial charge < -0.3 is 3.87 Å². The second kappa shape index (κ2) is 4.83. The van der Waals surface area contributed by atoms with Crippen molar-refractivity contribution in [1.29, 1.82) is 0 Å². The quantitative estimate of drug-likeness (QED) is 0.372. The van der Waals surface area contributed by atoms with E-state index >= 15 is 0 Å². The van der Waals surface area contributed by atoms with E-state index in [9.17, 15) is 30.4 Å². The molecule has 0 amide bonds. The van der Waals surface area contributed by atoms with Gasteiger partial charge in [-0.1, -0.05) is 0 Å². The van der Waals surface area contributed by atoms with Crippen LogP contribution in [-0.2, 0) is 14.0 Å². The van der Waals surface area contributed by atoms with Crippen LogP contribution < -0.4 is 0 Å². The van der Waals surface area contributed by atoms with Crippen molar-refractivity contribution in [1.82, 2.24) is 0 Å². The van der Waals surface area contributed by atoms with E-state index in [0.717, 1.165) is 0 Å². The summed E-state index contributed by atoms with van der Waals surface area (Å²) < 4.78 is 92.8. The molecule has 1 rings (SSSR count). The summed E-state index contributed by atoms with van der Waals surface area (Å²) in [6.45, 7) is 4.11. The Morgan fingerprint density at radius 1 is 0.789 bits per heavy atom. The van der Waals surface area contributed by atoms with E-state index in [1.54, 1.807) is 0 Å². The van der Waals surface area contributed by atoms with E-state index in [4.69, 9.17) is 0 Å². The fraction of sp³-hybridized carbons (Fsp3) is 0.333. The van der Waals surface area contributed by atoms with Crippen LogP contribution in [0.4, 0.5) is 22.0 Å². The molecule has 0 N–H and O–H groups in total. The Morgan fingerprint density at radius 2 is 1.11 bits per heavy atom. The van der Waals surface area contributed by atoms with Crippen molar-refractivity contribution in [2.24, 2.45) is 0 Å². The lowest BCUT2D eigenvalue weighted by Crippen LogP contribution is -2.30. The van der Waals surface area contributed by atoms with Crippen LogP contribution in [0, 0.1) is 29.1 Å². The van der Waals surface area contributed by atoms with Crippen LogP contribution in [0.2, 0.25) is 19.6 Å². The molecule has 1 aromatic rings. The Bertz CT molecular complexity index is 595. The lowest BCUT2D eigenvalue weighted by molar-refractivity contribution is 0.352. The molecule has 0 atom stereocenters. The number of halogens is 5. The highest BCUT2D eigenvalue weighted by atomic mass is 32.2. The topological polar surface area (TPSA) is 43.4 Å². The summed E-state index contributed by atoms with van der Waals surface area (Å²) >= 11 is 0. The van der Waals surface area contributed by atoms with Gasteiger partial charge in [0.25, 0.3) is 10.1 Å². The van der Waals surface area contributed by atoms with Crippen LogP contribution in [-0.4, -0.2) is 16.7 Å². The molecule has 1 aromatic carbocycles. The summed E-state index contributed by atoms with van der Waals surface area (Å²) in [5, 5.41) is 0. The molecule has 108 valence electrons. The van der Waals surface area contributed by atoms with Crippen LogP contribution in [0.15, 0.2) is 4.90 Å². The normalized spacial score (nSPS) is 12.8. The van der Waals surface area contributed by atoms with Gasteiger partial charge in [0.05, 0.1) is 0 Å². The first-order valence-corrected chi connectivity index (χ1v) is 9.67. The Balaban J connectivity index is 3.61. The van der Waals surface area contributed by atoms with Crippen molar-refractivity contribution < 1.29 is 34.2 Å². The molecule has 0 aliphatic heterocycles. The zero-order valence-corrected chi connectivity index (χ0v) is 11.8. The zero-order valence-electron chi connectivity index (χ0n) is 10.0. The Morgan fingerprint density at radius 3 is 1.42 bits per heavy atom. The predicted molar refractivity (Wildman–Crippen MR) is 57.8 cm³/mol. The van der Waals surface area contributed by atoms with Crippen molar-refractivity contribution in [3.63, 3.8) is 0 Å². The third-order valence-corrected chi connectivity index (χ3v) is 5.52. The van der Waals surface area contributed by atoms with Crippen molar-refractivity contribution in [2.45, 2.75) is 24.5 Å². The average molecular weight is 320 g/mol. The maximum Gasteiger partial charge on any atom is 0.293 e. The number of rotatable bonds is 3. The van der Waals surface area contributed by atoms with Gasteiger partial charge in [-0.05, 0) is 19.6 Å². The highest BCUT2D eigenvalue weighted by molar-refractivity contribution is 7.87. The second-order valence-corrected chi connectivity index (χ2v) is 10.8. The third-order valence-electron chi connectivity index (χ3n) is 1.78. The first-order valence-electron chi connectivity index (χ1n) is 4.85. The van der Waals surface area contributed by atoms with E-state index in [1.807, 2.05) is 0 Å². The molecule has 0 fully saturated rings. The minimum atomic E-state index is -5.08. The minimum Gasteiger partial charge on any atom is -0.312 e. The maximum atomic E-state index is 13.3. The molecular weight excluding hydrogens is 311 g/mol. The van der Waals surface area contributed by atoms with E-state index in [1.165, 1.54) is 19.6 Å². The standard InChI is InChI=1S/C9H9F5O3SSi/c1-19(2,3)17-18(15,16)9-7(13)5(11)4(10)6(12)8(9)14/h1-3H3. The van der Waals surface area contributed by atoms with Gasteiger partial charge in [-0.2, -0.15) is 8.42 Å². The maximum absolute atomic E-state index is 13.3. The Hall–Kier alpha value is -1.00. The van der Waals surface area contributed by atoms with Crippen LogP contribution >= 0.6 is 0 Å². The Labute approximate surface area is 107 Å². The summed E-state index contributed by atoms with van der Waals surface area (Å²) in [4.78, 5) is -1.97. The number of benzene rings is 1. The molecule has 10 heteroatoms. The predicted octanol–water partition coefficient (Wildman–Crippen LogP) is 2.92. The Kier molecular flexibility index (Phi) is 4.08. The monoisotopic (exact) mass is 320 g/mol. The molecule has 0 radical (unpaired) electrons. The summed E-state index contributed by atoms with van der Waals surface area (Å²) in [6.07, 6.45) is 0. The van der Waals surface area contributed by atoms with Gasteiger partial charge in [-0.3, -0.25) is 0 Å². The summed E-state index contributed by atoms with van der Waals surface area (Å²) in [7, 11) is -7.91. The summed E-state index contributed by atoms with van der Waals surface area (Å²) in [5.74, 6) is -12.0. The van der Waals surface area contributed by atoms with Gasteiger partial charge in [0.15, 0.2) is 28.2 Å². The first-order chi connectivity index (χ1) is 8.38. The lowest BCUT2D eigenvalue weighted by Gasteiger charge is -2.17. The first kappa shape index (κ1) is 16.1. The summed E-state index contributed by atoms with van der Waals surface area (Å²) in [6, 6.07) is 0. The van der Waals surface area contributed by atoms with Gasteiger partial charge in [0, 0.05) is 0 Å². The van der Waals surface area contributed by atoms with Gasteiger partial charge in [0.2, 0.25) is 14.1 Å². The van der Waals surface area contributed by atoms with Crippen molar-refractivity contribution in [2.75, 3.05) is 0 Å². The number of hydrogen-bond acceptors (Lipinski definition) is 3. The molecule has 0 bridgehead atoms. The third kappa shape index (κ3) is 3.12. The van der Waals surface area contributed by atoms with Crippen LogP contribution in [0.25, 0.3) is 0 Å². The van der Waals surface area contributed by atoms with E-state index in [2.05, 4.69) is 3.87 Å². The summed E-state index contributed by atoms with van der Waals surface area (Å²) in [5.41, 5.74) is 0. The van der Waals surface area contributed by atoms with E-state index in [-0.39, 0.29) is 0 Å². The van der Waals surface area contributed by atoms with Crippen molar-refractivity contribution >= 4 is 18.4 Å². The molecule has 3 nitrogen and oxygen atoms in total. The minimum absolute atomic E-state index is 1.37. The largest absolute Gasteiger partial charge is 0.312 e. The van der Waals surface area contributed by atoms with Gasteiger partial charge in [-0.25, -0.2) is 22.0 Å². The SMILES string of the molecule is C[Si](C)(C)OS(=O)(=O)c1c(F)c(F)c(F)c(F)c1F.